The van der Waals surface area contributed by atoms with Crippen molar-refractivity contribution in [2.45, 2.75) is 44.9 Å². The summed E-state index contributed by atoms with van der Waals surface area (Å²) < 4.78 is 1.07. The molecule has 1 fully saturated rings. The fraction of sp³-hybridized carbons (Fsp3) is 0.579. The highest BCUT2D eigenvalue weighted by Gasteiger charge is 2.17. The SMILES string of the molecule is O=C(CC1CCCC1)NCCNC(=O)NCCCc1cccc(Br)c1. The van der Waals surface area contributed by atoms with Crippen LogP contribution in [0, 0.1) is 5.92 Å². The Morgan fingerprint density at radius 3 is 2.52 bits per heavy atom. The van der Waals surface area contributed by atoms with E-state index in [1.54, 1.807) is 0 Å². The lowest BCUT2D eigenvalue weighted by atomic mass is 10.0. The highest BCUT2D eigenvalue weighted by Crippen LogP contribution is 2.27. The number of hydrogen-bond donors (Lipinski definition) is 3. The monoisotopic (exact) mass is 409 g/mol. The van der Waals surface area contributed by atoms with Gasteiger partial charge in [-0.3, -0.25) is 4.79 Å². The van der Waals surface area contributed by atoms with Gasteiger partial charge in [-0.25, -0.2) is 4.79 Å². The molecule has 5 nitrogen and oxygen atoms in total. The zero-order valence-corrected chi connectivity index (χ0v) is 16.2. The maximum absolute atomic E-state index is 11.8. The minimum absolute atomic E-state index is 0.100. The van der Waals surface area contributed by atoms with Gasteiger partial charge in [-0.2, -0.15) is 0 Å². The summed E-state index contributed by atoms with van der Waals surface area (Å²) in [5.41, 5.74) is 1.25. The average Bonchev–Trinajstić information content (AvgIpc) is 3.08. The van der Waals surface area contributed by atoms with Crippen molar-refractivity contribution < 1.29 is 9.59 Å². The number of urea groups is 1. The molecule has 0 spiro atoms. The molecule has 1 aromatic carbocycles. The second-order valence-electron chi connectivity index (χ2n) is 6.62. The Morgan fingerprint density at radius 1 is 1.04 bits per heavy atom. The van der Waals surface area contributed by atoms with Gasteiger partial charge in [-0.1, -0.05) is 40.9 Å². The Bertz CT molecular complexity index is 559. The second kappa shape index (κ2) is 11.1. The summed E-state index contributed by atoms with van der Waals surface area (Å²) in [6, 6.07) is 8.01. The summed E-state index contributed by atoms with van der Waals surface area (Å²) in [6.45, 7) is 1.57. The topological polar surface area (TPSA) is 70.2 Å². The molecule has 0 aromatic heterocycles. The van der Waals surface area contributed by atoms with Crippen LogP contribution >= 0.6 is 15.9 Å². The highest BCUT2D eigenvalue weighted by atomic mass is 79.9. The normalized spacial score (nSPS) is 14.3. The lowest BCUT2D eigenvalue weighted by Crippen LogP contribution is -2.40. The Balaban J connectivity index is 1.46. The molecule has 3 N–H and O–H groups in total. The van der Waals surface area contributed by atoms with E-state index in [4.69, 9.17) is 0 Å². The van der Waals surface area contributed by atoms with E-state index in [0.717, 1.165) is 17.3 Å². The van der Waals surface area contributed by atoms with E-state index in [0.29, 0.717) is 32.0 Å². The smallest absolute Gasteiger partial charge is 0.314 e. The van der Waals surface area contributed by atoms with Gasteiger partial charge >= 0.3 is 6.03 Å². The molecule has 0 unspecified atom stereocenters. The Hall–Kier alpha value is -1.56. The number of aryl methyl sites for hydroxylation is 1. The zero-order chi connectivity index (χ0) is 17.9. The number of benzene rings is 1. The maximum Gasteiger partial charge on any atom is 0.314 e. The van der Waals surface area contributed by atoms with Crippen LogP contribution in [-0.2, 0) is 11.2 Å². The summed E-state index contributed by atoms with van der Waals surface area (Å²) >= 11 is 3.45. The first-order valence-corrected chi connectivity index (χ1v) is 9.95. The predicted molar refractivity (Wildman–Crippen MR) is 103 cm³/mol. The molecule has 0 saturated heterocycles. The van der Waals surface area contributed by atoms with Crippen LogP contribution in [0.3, 0.4) is 0 Å². The van der Waals surface area contributed by atoms with Crippen LogP contribution in [-0.4, -0.2) is 31.6 Å². The highest BCUT2D eigenvalue weighted by molar-refractivity contribution is 9.10. The number of amides is 3. The van der Waals surface area contributed by atoms with Crippen molar-refractivity contribution in [1.29, 1.82) is 0 Å². The van der Waals surface area contributed by atoms with Gasteiger partial charge in [0.15, 0.2) is 0 Å². The first kappa shape index (κ1) is 19.8. The van der Waals surface area contributed by atoms with Crippen molar-refractivity contribution in [2.24, 2.45) is 5.92 Å². The van der Waals surface area contributed by atoms with Gasteiger partial charge in [-0.05, 0) is 49.3 Å². The van der Waals surface area contributed by atoms with Gasteiger partial charge in [0.2, 0.25) is 5.91 Å². The summed E-state index contributed by atoms with van der Waals surface area (Å²) in [4.78, 5) is 23.5. The van der Waals surface area contributed by atoms with Crippen molar-refractivity contribution in [3.8, 4) is 0 Å². The third-order valence-corrected chi connectivity index (χ3v) is 4.99. The van der Waals surface area contributed by atoms with E-state index < -0.39 is 0 Å². The summed E-state index contributed by atoms with van der Waals surface area (Å²) in [6.07, 6.45) is 7.30. The third-order valence-electron chi connectivity index (χ3n) is 4.50. The van der Waals surface area contributed by atoms with E-state index in [-0.39, 0.29) is 11.9 Å². The van der Waals surface area contributed by atoms with Crippen LogP contribution < -0.4 is 16.0 Å². The van der Waals surface area contributed by atoms with Crippen LogP contribution in [0.1, 0.15) is 44.1 Å². The van der Waals surface area contributed by atoms with Gasteiger partial charge in [0.05, 0.1) is 0 Å². The number of halogens is 1. The van der Waals surface area contributed by atoms with Crippen molar-refractivity contribution in [3.63, 3.8) is 0 Å². The largest absolute Gasteiger partial charge is 0.354 e. The molecule has 3 amide bonds. The van der Waals surface area contributed by atoms with E-state index >= 15 is 0 Å². The lowest BCUT2D eigenvalue weighted by Gasteiger charge is -2.11. The molecule has 0 aliphatic heterocycles. The first-order valence-electron chi connectivity index (χ1n) is 9.16. The van der Waals surface area contributed by atoms with E-state index in [1.165, 1.54) is 31.2 Å². The summed E-state index contributed by atoms with van der Waals surface area (Å²) in [7, 11) is 0. The van der Waals surface area contributed by atoms with Crippen molar-refractivity contribution in [3.05, 3.63) is 34.3 Å². The second-order valence-corrected chi connectivity index (χ2v) is 7.54. The lowest BCUT2D eigenvalue weighted by molar-refractivity contribution is -0.121. The van der Waals surface area contributed by atoms with E-state index in [9.17, 15) is 9.59 Å². The minimum Gasteiger partial charge on any atom is -0.354 e. The predicted octanol–water partition coefficient (Wildman–Crippen LogP) is 3.38. The molecular formula is C19H28BrN3O2. The van der Waals surface area contributed by atoms with Gasteiger partial charge in [-0.15, -0.1) is 0 Å². The van der Waals surface area contributed by atoms with Crippen LogP contribution in [0.4, 0.5) is 4.79 Å². The van der Waals surface area contributed by atoms with Crippen molar-refractivity contribution in [1.82, 2.24) is 16.0 Å². The summed E-state index contributed by atoms with van der Waals surface area (Å²) in [5.74, 6) is 0.657. The van der Waals surface area contributed by atoms with E-state index in [1.807, 2.05) is 12.1 Å². The van der Waals surface area contributed by atoms with Gasteiger partial charge in [0.1, 0.15) is 0 Å². The van der Waals surface area contributed by atoms with Crippen LogP contribution in [0.15, 0.2) is 28.7 Å². The van der Waals surface area contributed by atoms with Gasteiger partial charge in [0, 0.05) is 30.5 Å². The molecule has 1 aliphatic carbocycles. The quantitative estimate of drug-likeness (QED) is 0.547. The Morgan fingerprint density at radius 2 is 1.76 bits per heavy atom. The number of carbonyl (C=O) groups is 2. The molecule has 1 aromatic rings. The average molecular weight is 410 g/mol. The molecule has 2 rings (SSSR count). The fourth-order valence-electron chi connectivity index (χ4n) is 3.18. The van der Waals surface area contributed by atoms with Crippen molar-refractivity contribution in [2.75, 3.05) is 19.6 Å². The number of hydrogen-bond acceptors (Lipinski definition) is 2. The number of carbonyl (C=O) groups excluding carboxylic acids is 2. The van der Waals surface area contributed by atoms with Gasteiger partial charge in [0.25, 0.3) is 0 Å². The molecule has 0 heterocycles. The minimum atomic E-state index is -0.181. The molecule has 0 bridgehead atoms. The molecule has 6 heteroatoms. The fourth-order valence-corrected chi connectivity index (χ4v) is 3.62. The Labute approximate surface area is 158 Å². The molecular weight excluding hydrogens is 382 g/mol. The number of rotatable bonds is 9. The van der Waals surface area contributed by atoms with Crippen LogP contribution in [0.25, 0.3) is 0 Å². The zero-order valence-electron chi connectivity index (χ0n) is 14.7. The standard InChI is InChI=1S/C19H28BrN3O2/c20-17-9-3-7-15(13-17)8-4-10-22-19(25)23-12-11-21-18(24)14-16-5-1-2-6-16/h3,7,9,13,16H,1-2,4-6,8,10-12,14H2,(H,21,24)(H2,22,23,25). The third kappa shape index (κ3) is 8.38. The van der Waals surface area contributed by atoms with Gasteiger partial charge < -0.3 is 16.0 Å². The summed E-state index contributed by atoms with van der Waals surface area (Å²) in [5, 5.41) is 8.48. The molecule has 1 saturated carbocycles. The first-order chi connectivity index (χ1) is 12.1. The molecule has 1 aliphatic rings. The van der Waals surface area contributed by atoms with Crippen LogP contribution in [0.2, 0.25) is 0 Å². The van der Waals surface area contributed by atoms with E-state index in [2.05, 4.69) is 44.0 Å². The Kier molecular flexibility index (Phi) is 8.80. The molecule has 0 atom stereocenters. The number of nitrogens with one attached hydrogen (secondary N) is 3. The molecule has 0 radical (unpaired) electrons. The van der Waals surface area contributed by atoms with Crippen molar-refractivity contribution >= 4 is 27.9 Å². The molecule has 25 heavy (non-hydrogen) atoms. The van der Waals surface area contributed by atoms with Crippen LogP contribution in [0.5, 0.6) is 0 Å². The molecule has 138 valence electrons. The maximum atomic E-state index is 11.8.